The fourth-order valence-electron chi connectivity index (χ4n) is 1.09. The standard InChI is InChI=1S/C9H6F2N2O6/c10-4-1-5(8(11)6(2-4)13(17)18)9(16)12-19-3-7(14)15/h1-2H,3H2,(H,12,16)(H,14,15). The van der Waals surface area contributed by atoms with Crippen LogP contribution in [0.5, 0.6) is 0 Å². The van der Waals surface area contributed by atoms with Crippen molar-refractivity contribution in [2.24, 2.45) is 0 Å². The molecule has 0 heterocycles. The van der Waals surface area contributed by atoms with Gasteiger partial charge >= 0.3 is 11.7 Å². The summed E-state index contributed by atoms with van der Waals surface area (Å²) < 4.78 is 26.5. The van der Waals surface area contributed by atoms with Gasteiger partial charge in [-0.1, -0.05) is 0 Å². The van der Waals surface area contributed by atoms with E-state index in [9.17, 15) is 28.5 Å². The molecule has 0 bridgehead atoms. The summed E-state index contributed by atoms with van der Waals surface area (Å²) in [4.78, 5) is 34.8. The zero-order valence-electron chi connectivity index (χ0n) is 9.05. The van der Waals surface area contributed by atoms with Gasteiger partial charge in [0.2, 0.25) is 5.82 Å². The van der Waals surface area contributed by atoms with Crippen LogP contribution in [0.1, 0.15) is 10.4 Å². The second kappa shape index (κ2) is 5.82. The molecule has 0 atom stereocenters. The Morgan fingerprint density at radius 3 is 2.58 bits per heavy atom. The Labute approximate surface area is 103 Å². The summed E-state index contributed by atoms with van der Waals surface area (Å²) in [5.74, 6) is -5.51. The number of hydroxylamine groups is 1. The monoisotopic (exact) mass is 276 g/mol. The third-order valence-electron chi connectivity index (χ3n) is 1.82. The van der Waals surface area contributed by atoms with E-state index in [2.05, 4.69) is 4.84 Å². The minimum atomic E-state index is -1.55. The lowest BCUT2D eigenvalue weighted by Gasteiger charge is -2.05. The molecule has 10 heteroatoms. The lowest BCUT2D eigenvalue weighted by molar-refractivity contribution is -0.387. The van der Waals surface area contributed by atoms with E-state index in [1.165, 1.54) is 5.48 Å². The normalized spacial score (nSPS) is 10.0. The quantitative estimate of drug-likeness (QED) is 0.601. The SMILES string of the molecule is O=C(O)CONC(=O)c1cc(F)cc([N+](=O)[O-])c1F. The van der Waals surface area contributed by atoms with E-state index in [4.69, 9.17) is 5.11 Å². The number of benzene rings is 1. The van der Waals surface area contributed by atoms with E-state index in [1.54, 1.807) is 0 Å². The van der Waals surface area contributed by atoms with E-state index < -0.39 is 46.3 Å². The third kappa shape index (κ3) is 3.67. The molecule has 0 aliphatic heterocycles. The molecule has 0 aliphatic carbocycles. The van der Waals surface area contributed by atoms with Crippen molar-refractivity contribution < 1.29 is 33.2 Å². The van der Waals surface area contributed by atoms with E-state index in [0.717, 1.165) is 0 Å². The van der Waals surface area contributed by atoms with Crippen LogP contribution in [-0.2, 0) is 9.63 Å². The maximum absolute atomic E-state index is 13.5. The molecule has 2 N–H and O–H groups in total. The van der Waals surface area contributed by atoms with Crippen molar-refractivity contribution in [1.29, 1.82) is 0 Å². The van der Waals surface area contributed by atoms with Crippen molar-refractivity contribution in [3.05, 3.63) is 39.4 Å². The average molecular weight is 276 g/mol. The second-order valence-electron chi connectivity index (χ2n) is 3.16. The maximum Gasteiger partial charge on any atom is 0.332 e. The van der Waals surface area contributed by atoms with Crippen molar-refractivity contribution in [2.45, 2.75) is 0 Å². The van der Waals surface area contributed by atoms with Crippen LogP contribution >= 0.6 is 0 Å². The number of carbonyl (C=O) groups excluding carboxylic acids is 1. The summed E-state index contributed by atoms with van der Waals surface area (Å²) >= 11 is 0. The van der Waals surface area contributed by atoms with Crippen LogP contribution in [-0.4, -0.2) is 28.5 Å². The molecule has 0 aliphatic rings. The van der Waals surface area contributed by atoms with Crippen molar-refractivity contribution in [2.75, 3.05) is 6.61 Å². The molecule has 1 aromatic carbocycles. The highest BCUT2D eigenvalue weighted by Gasteiger charge is 2.24. The second-order valence-corrected chi connectivity index (χ2v) is 3.16. The number of carboxylic acids is 1. The van der Waals surface area contributed by atoms with Crippen LogP contribution in [0.3, 0.4) is 0 Å². The van der Waals surface area contributed by atoms with Crippen LogP contribution < -0.4 is 5.48 Å². The lowest BCUT2D eigenvalue weighted by atomic mass is 10.1. The first-order chi connectivity index (χ1) is 8.82. The van der Waals surface area contributed by atoms with Crippen LogP contribution in [0.15, 0.2) is 12.1 Å². The Bertz CT molecular complexity index is 548. The van der Waals surface area contributed by atoms with Gasteiger partial charge in [0.15, 0.2) is 6.61 Å². The first kappa shape index (κ1) is 14.4. The van der Waals surface area contributed by atoms with Gasteiger partial charge in [0.25, 0.3) is 5.91 Å². The molecule has 0 unspecified atom stereocenters. The van der Waals surface area contributed by atoms with Gasteiger partial charge in [-0.2, -0.15) is 4.39 Å². The fraction of sp³-hybridized carbons (Fsp3) is 0.111. The van der Waals surface area contributed by atoms with Gasteiger partial charge < -0.3 is 5.11 Å². The number of hydrogen-bond acceptors (Lipinski definition) is 5. The Kier molecular flexibility index (Phi) is 4.42. The Morgan fingerprint density at radius 2 is 2.05 bits per heavy atom. The number of nitro benzene ring substituents is 1. The van der Waals surface area contributed by atoms with E-state index in [0.29, 0.717) is 12.1 Å². The van der Waals surface area contributed by atoms with Gasteiger partial charge in [-0.15, -0.1) is 0 Å². The summed E-state index contributed by atoms with van der Waals surface area (Å²) in [6.45, 7) is -0.912. The summed E-state index contributed by atoms with van der Waals surface area (Å²) in [6.07, 6.45) is 0. The molecule has 8 nitrogen and oxygen atoms in total. The van der Waals surface area contributed by atoms with E-state index in [-0.39, 0.29) is 0 Å². The van der Waals surface area contributed by atoms with Gasteiger partial charge in [0.05, 0.1) is 16.6 Å². The number of nitrogens with zero attached hydrogens (tertiary/aromatic N) is 1. The average Bonchev–Trinajstić information content (AvgIpc) is 2.30. The van der Waals surface area contributed by atoms with Crippen LogP contribution in [0.2, 0.25) is 0 Å². The number of aliphatic carboxylic acids is 1. The number of carbonyl (C=O) groups is 2. The van der Waals surface area contributed by atoms with E-state index >= 15 is 0 Å². The Morgan fingerprint density at radius 1 is 1.42 bits per heavy atom. The molecular weight excluding hydrogens is 270 g/mol. The van der Waals surface area contributed by atoms with Crippen molar-refractivity contribution in [3.63, 3.8) is 0 Å². The predicted octanol–water partition coefficient (Wildman–Crippen LogP) is 0.619. The molecule has 0 saturated heterocycles. The number of hydrogen-bond donors (Lipinski definition) is 2. The molecule has 0 spiro atoms. The summed E-state index contributed by atoms with van der Waals surface area (Å²) in [5.41, 5.74) is -0.679. The first-order valence-corrected chi connectivity index (χ1v) is 4.60. The summed E-state index contributed by atoms with van der Waals surface area (Å²) in [7, 11) is 0. The van der Waals surface area contributed by atoms with Crippen LogP contribution in [0.4, 0.5) is 14.5 Å². The molecule has 0 aromatic heterocycles. The molecular formula is C9H6F2N2O6. The molecule has 102 valence electrons. The number of nitrogens with one attached hydrogen (secondary N) is 1. The fourth-order valence-corrected chi connectivity index (χ4v) is 1.09. The predicted molar refractivity (Wildman–Crippen MR) is 54.1 cm³/mol. The summed E-state index contributed by atoms with van der Waals surface area (Å²) in [5, 5.41) is 18.6. The Balaban J connectivity index is 2.96. The van der Waals surface area contributed by atoms with Gasteiger partial charge in [-0.05, 0) is 6.07 Å². The highest BCUT2D eigenvalue weighted by molar-refractivity contribution is 5.94. The number of amides is 1. The number of nitro groups is 1. The minimum Gasteiger partial charge on any atom is -0.479 e. The van der Waals surface area contributed by atoms with Gasteiger partial charge in [-0.25, -0.2) is 14.7 Å². The molecule has 0 saturated carbocycles. The third-order valence-corrected chi connectivity index (χ3v) is 1.82. The minimum absolute atomic E-state index is 0.310. The highest BCUT2D eigenvalue weighted by Crippen LogP contribution is 2.22. The number of halogens is 2. The van der Waals surface area contributed by atoms with Gasteiger partial charge in [0, 0.05) is 0 Å². The highest BCUT2D eigenvalue weighted by atomic mass is 19.1. The Hall–Kier alpha value is -2.62. The molecule has 1 rings (SSSR count). The van der Waals surface area contributed by atoms with E-state index in [1.807, 2.05) is 0 Å². The zero-order valence-corrected chi connectivity index (χ0v) is 9.05. The molecule has 1 amide bonds. The molecule has 1 aromatic rings. The van der Waals surface area contributed by atoms with Gasteiger partial charge in [-0.3, -0.25) is 19.7 Å². The van der Waals surface area contributed by atoms with Crippen molar-refractivity contribution >= 4 is 17.6 Å². The topological polar surface area (TPSA) is 119 Å². The molecule has 19 heavy (non-hydrogen) atoms. The van der Waals surface area contributed by atoms with Crippen molar-refractivity contribution in [3.8, 4) is 0 Å². The smallest absolute Gasteiger partial charge is 0.332 e. The first-order valence-electron chi connectivity index (χ1n) is 4.60. The largest absolute Gasteiger partial charge is 0.479 e. The number of carboxylic acid groups (broad SMARTS) is 1. The van der Waals surface area contributed by atoms with Crippen LogP contribution in [0, 0.1) is 21.7 Å². The van der Waals surface area contributed by atoms with Crippen molar-refractivity contribution in [1.82, 2.24) is 5.48 Å². The van der Waals surface area contributed by atoms with Crippen LogP contribution in [0.25, 0.3) is 0 Å². The zero-order chi connectivity index (χ0) is 14.6. The van der Waals surface area contributed by atoms with Gasteiger partial charge in [0.1, 0.15) is 5.82 Å². The maximum atomic E-state index is 13.5. The molecule has 0 radical (unpaired) electrons. The lowest BCUT2D eigenvalue weighted by Crippen LogP contribution is -2.27. The summed E-state index contributed by atoms with van der Waals surface area (Å²) in [6, 6.07) is 0.728. The molecule has 0 fully saturated rings. The number of rotatable bonds is 5.